The molecule has 1 atom stereocenters. The lowest BCUT2D eigenvalue weighted by molar-refractivity contribution is -0.121. The highest BCUT2D eigenvalue weighted by molar-refractivity contribution is 7.11. The smallest absolute Gasteiger partial charge is 0.315 e. The second-order valence-corrected chi connectivity index (χ2v) is 5.14. The third-order valence-corrected chi connectivity index (χ3v) is 4.14. The van der Waals surface area contributed by atoms with Crippen molar-refractivity contribution in [3.8, 4) is 0 Å². The fourth-order valence-electron chi connectivity index (χ4n) is 1.76. The summed E-state index contributed by atoms with van der Waals surface area (Å²) in [5.41, 5.74) is 0. The van der Waals surface area contributed by atoms with Gasteiger partial charge in [-0.05, 0) is 13.3 Å². The van der Waals surface area contributed by atoms with Crippen LogP contribution in [0.15, 0.2) is 6.20 Å². The maximum absolute atomic E-state index is 11.7. The molecule has 0 bridgehead atoms. The molecule has 6 heteroatoms. The van der Waals surface area contributed by atoms with Crippen LogP contribution in [0.1, 0.15) is 36.2 Å². The van der Waals surface area contributed by atoms with E-state index in [0.29, 0.717) is 13.0 Å². The fraction of sp³-hybridized carbons (Fsp3) is 0.545. The van der Waals surface area contributed by atoms with Crippen molar-refractivity contribution in [1.29, 1.82) is 0 Å². The van der Waals surface area contributed by atoms with Crippen LogP contribution < -0.4 is 5.32 Å². The molecule has 0 saturated carbocycles. The van der Waals surface area contributed by atoms with Crippen LogP contribution in [0.25, 0.3) is 0 Å². The number of amides is 3. The topological polar surface area (TPSA) is 62.3 Å². The van der Waals surface area contributed by atoms with Crippen LogP contribution in [0.5, 0.6) is 0 Å². The van der Waals surface area contributed by atoms with E-state index in [9.17, 15) is 9.59 Å². The van der Waals surface area contributed by atoms with Gasteiger partial charge in [-0.2, -0.15) is 0 Å². The minimum absolute atomic E-state index is 0.0756. The van der Waals surface area contributed by atoms with Gasteiger partial charge in [0.25, 0.3) is 0 Å². The van der Waals surface area contributed by atoms with Gasteiger partial charge in [-0.15, -0.1) is 11.3 Å². The van der Waals surface area contributed by atoms with Crippen molar-refractivity contribution in [2.24, 2.45) is 0 Å². The summed E-state index contributed by atoms with van der Waals surface area (Å²) >= 11 is 1.62. The van der Waals surface area contributed by atoms with Crippen molar-refractivity contribution < 1.29 is 9.59 Å². The molecular weight excluding hydrogens is 238 g/mol. The first-order valence-corrected chi connectivity index (χ1v) is 6.48. The highest BCUT2D eigenvalue weighted by Gasteiger charge is 2.29. The summed E-state index contributed by atoms with van der Waals surface area (Å²) in [6.07, 6.45) is 3.17. The van der Waals surface area contributed by atoms with E-state index in [4.69, 9.17) is 0 Å². The maximum atomic E-state index is 11.7. The molecule has 2 rings (SSSR count). The molecular formula is C11H15N3O2S. The second kappa shape index (κ2) is 4.83. The van der Waals surface area contributed by atoms with Gasteiger partial charge in [-0.3, -0.25) is 10.1 Å². The Morgan fingerprint density at radius 1 is 1.59 bits per heavy atom. The Balaban J connectivity index is 2.11. The Morgan fingerprint density at radius 3 is 2.94 bits per heavy atom. The minimum atomic E-state index is -0.318. The van der Waals surface area contributed by atoms with Crippen LogP contribution >= 0.6 is 11.3 Å². The SMILES string of the molecule is CCc1cnc(C(C)N2CCC(=O)NC2=O)s1. The summed E-state index contributed by atoms with van der Waals surface area (Å²) in [5.74, 6) is -0.202. The zero-order valence-electron chi connectivity index (χ0n) is 9.90. The van der Waals surface area contributed by atoms with E-state index in [1.54, 1.807) is 16.2 Å². The number of nitrogens with zero attached hydrogens (tertiary/aromatic N) is 2. The molecule has 3 amide bonds. The summed E-state index contributed by atoms with van der Waals surface area (Å²) in [5, 5.41) is 3.25. The lowest BCUT2D eigenvalue weighted by Gasteiger charge is -2.30. The van der Waals surface area contributed by atoms with Gasteiger partial charge >= 0.3 is 6.03 Å². The standard InChI is InChI=1S/C11H15N3O2S/c1-3-8-6-12-10(17-8)7(2)14-5-4-9(15)13-11(14)16/h6-7H,3-5H2,1-2H3,(H,13,15,16). The van der Waals surface area contributed by atoms with E-state index in [0.717, 1.165) is 11.4 Å². The monoisotopic (exact) mass is 253 g/mol. The van der Waals surface area contributed by atoms with Crippen LogP contribution in [-0.2, 0) is 11.2 Å². The first-order chi connectivity index (χ1) is 8.11. The number of carbonyl (C=O) groups excluding carboxylic acids is 2. The molecule has 1 aliphatic heterocycles. The first-order valence-electron chi connectivity index (χ1n) is 5.67. The molecule has 1 aliphatic rings. The number of aryl methyl sites for hydroxylation is 1. The van der Waals surface area contributed by atoms with Crippen molar-refractivity contribution in [3.63, 3.8) is 0 Å². The van der Waals surface area contributed by atoms with E-state index in [1.807, 2.05) is 13.1 Å². The molecule has 5 nitrogen and oxygen atoms in total. The molecule has 0 radical (unpaired) electrons. The van der Waals surface area contributed by atoms with Gasteiger partial charge in [0, 0.05) is 24.0 Å². The van der Waals surface area contributed by atoms with Crippen molar-refractivity contribution in [3.05, 3.63) is 16.1 Å². The Bertz CT molecular complexity index is 444. The number of thiazole rings is 1. The van der Waals surface area contributed by atoms with E-state index in [1.165, 1.54) is 4.88 Å². The van der Waals surface area contributed by atoms with Crippen LogP contribution in [0.3, 0.4) is 0 Å². The summed E-state index contributed by atoms with van der Waals surface area (Å²) in [7, 11) is 0. The molecule has 92 valence electrons. The number of hydrogen-bond donors (Lipinski definition) is 1. The molecule has 1 N–H and O–H groups in total. The van der Waals surface area contributed by atoms with E-state index < -0.39 is 0 Å². The summed E-state index contributed by atoms with van der Waals surface area (Å²) in [4.78, 5) is 29.9. The summed E-state index contributed by atoms with van der Waals surface area (Å²) in [6.45, 7) is 4.48. The maximum Gasteiger partial charge on any atom is 0.324 e. The Hall–Kier alpha value is -1.43. The van der Waals surface area contributed by atoms with Crippen LogP contribution in [-0.4, -0.2) is 28.4 Å². The van der Waals surface area contributed by atoms with Gasteiger partial charge in [0.2, 0.25) is 5.91 Å². The predicted molar refractivity (Wildman–Crippen MR) is 64.8 cm³/mol. The van der Waals surface area contributed by atoms with E-state index in [-0.39, 0.29) is 18.0 Å². The number of aromatic nitrogens is 1. The number of carbonyl (C=O) groups is 2. The number of urea groups is 1. The minimum Gasteiger partial charge on any atom is -0.315 e. The third-order valence-electron chi connectivity index (χ3n) is 2.83. The molecule has 1 aromatic heterocycles. The Morgan fingerprint density at radius 2 is 2.35 bits per heavy atom. The normalized spacial score (nSPS) is 18.1. The molecule has 0 aromatic carbocycles. The largest absolute Gasteiger partial charge is 0.324 e. The quantitative estimate of drug-likeness (QED) is 0.892. The molecule has 1 aromatic rings. The van der Waals surface area contributed by atoms with Gasteiger partial charge in [-0.25, -0.2) is 9.78 Å². The van der Waals surface area contributed by atoms with Gasteiger partial charge in [0.15, 0.2) is 0 Å². The fourth-order valence-corrected chi connectivity index (χ4v) is 2.68. The summed E-state index contributed by atoms with van der Waals surface area (Å²) < 4.78 is 0. The number of nitrogens with one attached hydrogen (secondary N) is 1. The van der Waals surface area contributed by atoms with Crippen LogP contribution in [0, 0.1) is 0 Å². The number of rotatable bonds is 3. The number of hydrogen-bond acceptors (Lipinski definition) is 4. The second-order valence-electron chi connectivity index (χ2n) is 3.99. The van der Waals surface area contributed by atoms with Gasteiger partial charge in [0.1, 0.15) is 5.01 Å². The zero-order valence-corrected chi connectivity index (χ0v) is 10.7. The predicted octanol–water partition coefficient (Wildman–Crippen LogP) is 1.71. The van der Waals surface area contributed by atoms with Gasteiger partial charge in [-0.1, -0.05) is 6.92 Å². The zero-order chi connectivity index (χ0) is 12.4. The average molecular weight is 253 g/mol. The van der Waals surface area contributed by atoms with E-state index >= 15 is 0 Å². The first kappa shape index (κ1) is 12.0. The molecule has 0 aliphatic carbocycles. The highest BCUT2D eigenvalue weighted by atomic mass is 32.1. The lowest BCUT2D eigenvalue weighted by atomic mass is 10.2. The highest BCUT2D eigenvalue weighted by Crippen LogP contribution is 2.26. The Kier molecular flexibility index (Phi) is 3.42. The molecule has 1 saturated heterocycles. The molecule has 0 spiro atoms. The molecule has 2 heterocycles. The molecule has 17 heavy (non-hydrogen) atoms. The van der Waals surface area contributed by atoms with Crippen molar-refractivity contribution >= 4 is 23.3 Å². The number of imide groups is 1. The van der Waals surface area contributed by atoms with E-state index in [2.05, 4.69) is 17.2 Å². The lowest BCUT2D eigenvalue weighted by Crippen LogP contribution is -2.50. The molecule has 1 unspecified atom stereocenters. The third kappa shape index (κ3) is 2.46. The molecule has 1 fully saturated rings. The Labute approximate surface area is 104 Å². The van der Waals surface area contributed by atoms with Crippen molar-refractivity contribution in [2.45, 2.75) is 32.7 Å². The average Bonchev–Trinajstić information content (AvgIpc) is 2.76. The van der Waals surface area contributed by atoms with Crippen molar-refractivity contribution in [1.82, 2.24) is 15.2 Å². The van der Waals surface area contributed by atoms with Crippen LogP contribution in [0.2, 0.25) is 0 Å². The van der Waals surface area contributed by atoms with Gasteiger partial charge in [0.05, 0.1) is 6.04 Å². The van der Waals surface area contributed by atoms with Gasteiger partial charge < -0.3 is 4.90 Å². The van der Waals surface area contributed by atoms with Crippen molar-refractivity contribution in [2.75, 3.05) is 6.54 Å². The summed E-state index contributed by atoms with van der Waals surface area (Å²) in [6, 6.07) is -0.393. The van der Waals surface area contributed by atoms with Crippen LogP contribution in [0.4, 0.5) is 4.79 Å².